The van der Waals surface area contributed by atoms with Gasteiger partial charge in [-0.25, -0.2) is 12.7 Å². The number of benzene rings is 1. The average molecular weight is 363 g/mol. The Morgan fingerprint density at radius 3 is 2.50 bits per heavy atom. The molecule has 1 atom stereocenters. The summed E-state index contributed by atoms with van der Waals surface area (Å²) >= 11 is 3.37. The maximum Gasteiger partial charge on any atom is 0.243 e. The summed E-state index contributed by atoms with van der Waals surface area (Å²) in [4.78, 5) is 0.340. The Hall–Kier alpha value is -0.430. The number of nitrogens with zero attached hydrogens (tertiary/aromatic N) is 1. The topological polar surface area (TPSA) is 63.4 Å². The number of nitrogens with two attached hydrogens (primary N) is 1. The SMILES string of the molecule is Cc1c(Br)cccc1S(=O)(=O)N(C)CCC(N)C(C)C. The molecule has 0 radical (unpaired) electrons. The lowest BCUT2D eigenvalue weighted by atomic mass is 10.0. The first-order valence-corrected chi connectivity index (χ1v) is 8.88. The van der Waals surface area contributed by atoms with Crippen molar-refractivity contribution < 1.29 is 8.42 Å². The van der Waals surface area contributed by atoms with Gasteiger partial charge in [0.2, 0.25) is 10.0 Å². The summed E-state index contributed by atoms with van der Waals surface area (Å²) in [5.41, 5.74) is 6.70. The molecule has 0 saturated heterocycles. The van der Waals surface area contributed by atoms with Crippen molar-refractivity contribution in [1.29, 1.82) is 0 Å². The Balaban J connectivity index is 2.91. The van der Waals surface area contributed by atoms with Gasteiger partial charge < -0.3 is 5.73 Å². The third kappa shape index (κ3) is 4.04. The summed E-state index contributed by atoms with van der Waals surface area (Å²) in [6.07, 6.45) is 0.653. The number of halogens is 1. The second-order valence-corrected chi connectivity index (χ2v) is 8.25. The van der Waals surface area contributed by atoms with Gasteiger partial charge in [-0.3, -0.25) is 0 Å². The molecule has 0 amide bonds. The largest absolute Gasteiger partial charge is 0.327 e. The summed E-state index contributed by atoms with van der Waals surface area (Å²) in [6.45, 7) is 6.30. The van der Waals surface area contributed by atoms with Crippen LogP contribution in [0.15, 0.2) is 27.6 Å². The molecule has 0 aliphatic heterocycles. The zero-order chi connectivity index (χ0) is 15.5. The normalized spacial score (nSPS) is 14.0. The molecular weight excluding hydrogens is 340 g/mol. The first kappa shape index (κ1) is 17.6. The standard InChI is InChI=1S/C14H23BrN2O2S/c1-10(2)13(16)8-9-17(4)20(18,19)14-7-5-6-12(15)11(14)3/h5-7,10,13H,8-9,16H2,1-4H3. The van der Waals surface area contributed by atoms with Crippen molar-refractivity contribution in [3.63, 3.8) is 0 Å². The number of hydrogen-bond acceptors (Lipinski definition) is 3. The molecule has 0 heterocycles. The van der Waals surface area contributed by atoms with Crippen LogP contribution in [0.1, 0.15) is 25.8 Å². The van der Waals surface area contributed by atoms with Gasteiger partial charge in [0.15, 0.2) is 0 Å². The van der Waals surface area contributed by atoms with Crippen molar-refractivity contribution in [3.05, 3.63) is 28.2 Å². The Bertz CT molecular complexity index is 558. The Morgan fingerprint density at radius 1 is 1.35 bits per heavy atom. The molecular formula is C14H23BrN2O2S. The molecule has 1 rings (SSSR count). The van der Waals surface area contributed by atoms with Gasteiger partial charge in [-0.05, 0) is 37.0 Å². The molecule has 6 heteroatoms. The lowest BCUT2D eigenvalue weighted by Crippen LogP contribution is -2.34. The smallest absolute Gasteiger partial charge is 0.243 e. The van der Waals surface area contributed by atoms with E-state index in [-0.39, 0.29) is 6.04 Å². The van der Waals surface area contributed by atoms with Gasteiger partial charge in [-0.2, -0.15) is 0 Å². The van der Waals surface area contributed by atoms with Crippen LogP contribution in [-0.4, -0.2) is 32.4 Å². The lowest BCUT2D eigenvalue weighted by molar-refractivity contribution is 0.397. The van der Waals surface area contributed by atoms with Crippen LogP contribution in [0.25, 0.3) is 0 Å². The molecule has 4 nitrogen and oxygen atoms in total. The van der Waals surface area contributed by atoms with E-state index in [1.165, 1.54) is 4.31 Å². The monoisotopic (exact) mass is 362 g/mol. The highest BCUT2D eigenvalue weighted by molar-refractivity contribution is 9.10. The Labute approximate surface area is 130 Å². The summed E-state index contributed by atoms with van der Waals surface area (Å²) in [5, 5.41) is 0. The number of sulfonamides is 1. The van der Waals surface area contributed by atoms with Crippen LogP contribution in [0, 0.1) is 12.8 Å². The van der Waals surface area contributed by atoms with Crippen LogP contribution in [0.4, 0.5) is 0 Å². The molecule has 0 bridgehead atoms. The van der Waals surface area contributed by atoms with E-state index >= 15 is 0 Å². The van der Waals surface area contributed by atoms with Crippen molar-refractivity contribution >= 4 is 26.0 Å². The molecule has 1 aromatic rings. The molecule has 20 heavy (non-hydrogen) atoms. The molecule has 0 aromatic heterocycles. The highest BCUT2D eigenvalue weighted by Gasteiger charge is 2.24. The van der Waals surface area contributed by atoms with Crippen LogP contribution < -0.4 is 5.73 Å². The minimum absolute atomic E-state index is 0.0104. The first-order valence-electron chi connectivity index (χ1n) is 6.65. The van der Waals surface area contributed by atoms with Crippen molar-refractivity contribution in [2.75, 3.05) is 13.6 Å². The van der Waals surface area contributed by atoms with Crippen molar-refractivity contribution in [2.45, 2.75) is 38.1 Å². The highest BCUT2D eigenvalue weighted by Crippen LogP contribution is 2.25. The van der Waals surface area contributed by atoms with E-state index in [4.69, 9.17) is 5.73 Å². The quantitative estimate of drug-likeness (QED) is 0.845. The summed E-state index contributed by atoms with van der Waals surface area (Å²) in [7, 11) is -1.87. The van der Waals surface area contributed by atoms with Gasteiger partial charge in [0.05, 0.1) is 4.90 Å². The third-order valence-corrected chi connectivity index (χ3v) is 6.40. The van der Waals surface area contributed by atoms with E-state index in [0.29, 0.717) is 23.8 Å². The van der Waals surface area contributed by atoms with E-state index < -0.39 is 10.0 Å². The summed E-state index contributed by atoms with van der Waals surface area (Å²) in [5.74, 6) is 0.346. The van der Waals surface area contributed by atoms with Crippen LogP contribution in [-0.2, 0) is 10.0 Å². The number of rotatable bonds is 6. The molecule has 0 aliphatic rings. The molecule has 1 unspecified atom stereocenters. The van der Waals surface area contributed by atoms with Crippen molar-refractivity contribution in [2.24, 2.45) is 11.7 Å². The fourth-order valence-electron chi connectivity index (χ4n) is 1.82. The van der Waals surface area contributed by atoms with Crippen LogP contribution >= 0.6 is 15.9 Å². The van der Waals surface area contributed by atoms with Crippen molar-refractivity contribution in [3.8, 4) is 0 Å². The lowest BCUT2D eigenvalue weighted by Gasteiger charge is -2.22. The molecule has 0 fully saturated rings. The van der Waals surface area contributed by atoms with Gasteiger partial charge in [-0.15, -0.1) is 0 Å². The van der Waals surface area contributed by atoms with Crippen molar-refractivity contribution in [1.82, 2.24) is 4.31 Å². The van der Waals surface area contributed by atoms with E-state index in [2.05, 4.69) is 15.9 Å². The zero-order valence-corrected chi connectivity index (χ0v) is 14.8. The molecule has 1 aromatic carbocycles. The van der Waals surface area contributed by atoms with E-state index in [1.54, 1.807) is 26.1 Å². The fourth-order valence-corrected chi connectivity index (χ4v) is 3.75. The van der Waals surface area contributed by atoms with Gasteiger partial charge in [0.1, 0.15) is 0 Å². The molecule has 0 saturated carbocycles. The number of hydrogen-bond donors (Lipinski definition) is 1. The Morgan fingerprint density at radius 2 is 1.95 bits per heavy atom. The van der Waals surface area contributed by atoms with Crippen LogP contribution in [0.3, 0.4) is 0 Å². The van der Waals surface area contributed by atoms with Gasteiger partial charge in [-0.1, -0.05) is 35.8 Å². The second kappa shape index (κ2) is 7.02. The first-order chi connectivity index (χ1) is 9.17. The zero-order valence-electron chi connectivity index (χ0n) is 12.4. The van der Waals surface area contributed by atoms with Gasteiger partial charge in [0.25, 0.3) is 0 Å². The van der Waals surface area contributed by atoms with Gasteiger partial charge in [0, 0.05) is 24.1 Å². The molecule has 2 N–H and O–H groups in total. The van der Waals surface area contributed by atoms with E-state index in [9.17, 15) is 8.42 Å². The minimum Gasteiger partial charge on any atom is -0.327 e. The molecule has 0 aliphatic carbocycles. The maximum atomic E-state index is 12.6. The predicted octanol–water partition coefficient (Wildman–Crippen LogP) is 2.75. The summed E-state index contributed by atoms with van der Waals surface area (Å²) < 4.78 is 27.3. The average Bonchev–Trinajstić information content (AvgIpc) is 2.38. The van der Waals surface area contributed by atoms with Crippen LogP contribution in [0.5, 0.6) is 0 Å². The molecule has 114 valence electrons. The second-order valence-electron chi connectivity index (χ2n) is 5.39. The van der Waals surface area contributed by atoms with E-state index in [0.717, 1.165) is 10.0 Å². The van der Waals surface area contributed by atoms with E-state index in [1.807, 2.05) is 19.9 Å². The maximum absolute atomic E-state index is 12.6. The highest BCUT2D eigenvalue weighted by atomic mass is 79.9. The predicted molar refractivity (Wildman–Crippen MR) is 86.1 cm³/mol. The Kier molecular flexibility index (Phi) is 6.19. The minimum atomic E-state index is -3.47. The van der Waals surface area contributed by atoms with Gasteiger partial charge >= 0.3 is 0 Å². The molecule has 0 spiro atoms. The summed E-state index contributed by atoms with van der Waals surface area (Å²) in [6, 6.07) is 5.21. The van der Waals surface area contributed by atoms with Crippen LogP contribution in [0.2, 0.25) is 0 Å². The third-order valence-electron chi connectivity index (χ3n) is 3.54. The fraction of sp³-hybridized carbons (Fsp3) is 0.571.